The number of nitrogens with zero attached hydrogens (tertiary/aromatic N) is 4. The number of hydrogen-bond acceptors (Lipinski definition) is 4. The van der Waals surface area contributed by atoms with Crippen molar-refractivity contribution in [1.29, 1.82) is 0 Å². The number of hydrogen-bond donors (Lipinski definition) is 0. The summed E-state index contributed by atoms with van der Waals surface area (Å²) in [7, 11) is 0. The quantitative estimate of drug-likeness (QED) is 0.794. The number of rotatable bonds is 5. The zero-order valence-corrected chi connectivity index (χ0v) is 17.6. The Labute approximate surface area is 164 Å². The van der Waals surface area contributed by atoms with Crippen molar-refractivity contribution in [2.45, 2.75) is 40.2 Å². The van der Waals surface area contributed by atoms with Crippen molar-refractivity contribution < 1.29 is 4.79 Å². The summed E-state index contributed by atoms with van der Waals surface area (Å²) < 4.78 is 0. The fourth-order valence-corrected chi connectivity index (χ4v) is 4.27. The minimum atomic E-state index is 0.304. The topological polar surface area (TPSA) is 30.0 Å². The molecular weight excluding hydrogens is 336 g/mol. The highest BCUT2D eigenvalue weighted by Crippen LogP contribution is 2.22. The summed E-state index contributed by atoms with van der Waals surface area (Å²) in [4.78, 5) is 22.1. The molecule has 27 heavy (non-hydrogen) atoms. The molecule has 2 saturated heterocycles. The lowest BCUT2D eigenvalue weighted by Gasteiger charge is -2.40. The van der Waals surface area contributed by atoms with Gasteiger partial charge in [-0.2, -0.15) is 0 Å². The highest BCUT2D eigenvalue weighted by molar-refractivity contribution is 5.78. The first-order chi connectivity index (χ1) is 13.0. The van der Waals surface area contributed by atoms with E-state index in [1.807, 2.05) is 0 Å². The minimum absolute atomic E-state index is 0.304. The molecular formula is C22H36N4O. The Kier molecular flexibility index (Phi) is 6.77. The van der Waals surface area contributed by atoms with E-state index in [2.05, 4.69) is 65.5 Å². The Morgan fingerprint density at radius 2 is 1.67 bits per heavy atom. The Bertz CT molecular complexity index is 631. The number of aryl methyl sites for hydroxylation is 2. The van der Waals surface area contributed by atoms with Crippen LogP contribution in [-0.2, 0) is 4.79 Å². The van der Waals surface area contributed by atoms with E-state index in [9.17, 15) is 4.79 Å². The lowest BCUT2D eigenvalue weighted by molar-refractivity contribution is -0.134. The van der Waals surface area contributed by atoms with Gasteiger partial charge in [0.05, 0.1) is 6.54 Å². The first kappa shape index (κ1) is 20.2. The molecule has 2 fully saturated rings. The number of amides is 1. The SMILES string of the molecule is CCC(C)N1CCN(C(=O)CN2CCN(c3ccc(C)cc3C)CC2)CC1. The van der Waals surface area contributed by atoms with Gasteiger partial charge >= 0.3 is 0 Å². The fraction of sp³-hybridized carbons (Fsp3) is 0.682. The molecule has 0 radical (unpaired) electrons. The van der Waals surface area contributed by atoms with Gasteiger partial charge in [-0.25, -0.2) is 0 Å². The number of anilines is 1. The van der Waals surface area contributed by atoms with Crippen molar-refractivity contribution in [3.05, 3.63) is 29.3 Å². The highest BCUT2D eigenvalue weighted by atomic mass is 16.2. The Morgan fingerprint density at radius 1 is 1.00 bits per heavy atom. The normalized spacial score (nSPS) is 20.7. The predicted molar refractivity (Wildman–Crippen MR) is 112 cm³/mol. The van der Waals surface area contributed by atoms with E-state index in [4.69, 9.17) is 0 Å². The maximum Gasteiger partial charge on any atom is 0.236 e. The largest absolute Gasteiger partial charge is 0.369 e. The number of carbonyl (C=O) groups is 1. The molecule has 0 saturated carbocycles. The summed E-state index contributed by atoms with van der Waals surface area (Å²) in [6.45, 7) is 17.1. The molecule has 0 aromatic heterocycles. The molecule has 2 aliphatic heterocycles. The third-order valence-corrected chi connectivity index (χ3v) is 6.31. The van der Waals surface area contributed by atoms with Gasteiger partial charge in [0.1, 0.15) is 0 Å². The van der Waals surface area contributed by atoms with Crippen molar-refractivity contribution in [3.63, 3.8) is 0 Å². The molecule has 3 rings (SSSR count). The number of piperazine rings is 2. The second kappa shape index (κ2) is 9.07. The summed E-state index contributed by atoms with van der Waals surface area (Å²) in [6.07, 6.45) is 1.18. The van der Waals surface area contributed by atoms with Gasteiger partial charge in [-0.05, 0) is 38.8 Å². The van der Waals surface area contributed by atoms with Gasteiger partial charge in [0.2, 0.25) is 5.91 Å². The molecule has 0 spiro atoms. The lowest BCUT2D eigenvalue weighted by Crippen LogP contribution is -2.55. The van der Waals surface area contributed by atoms with Crippen LogP contribution in [0.3, 0.4) is 0 Å². The van der Waals surface area contributed by atoms with Gasteiger partial charge in [-0.15, -0.1) is 0 Å². The van der Waals surface area contributed by atoms with Gasteiger partial charge in [-0.1, -0.05) is 24.6 Å². The maximum absolute atomic E-state index is 12.7. The Hall–Kier alpha value is -1.59. The van der Waals surface area contributed by atoms with Crippen LogP contribution in [0.4, 0.5) is 5.69 Å². The van der Waals surface area contributed by atoms with Crippen LogP contribution in [0, 0.1) is 13.8 Å². The van der Waals surface area contributed by atoms with Crippen molar-refractivity contribution in [3.8, 4) is 0 Å². The standard InChI is InChI=1S/C22H36N4O/c1-5-20(4)24-12-14-26(15-13-24)22(27)17-23-8-10-25(11-9-23)21-7-6-18(2)16-19(21)3/h6-7,16,20H,5,8-15,17H2,1-4H3. The number of benzene rings is 1. The third-order valence-electron chi connectivity index (χ3n) is 6.31. The Balaban J connectivity index is 1.45. The average molecular weight is 373 g/mol. The molecule has 0 N–H and O–H groups in total. The highest BCUT2D eigenvalue weighted by Gasteiger charge is 2.26. The van der Waals surface area contributed by atoms with Crippen LogP contribution in [0.2, 0.25) is 0 Å². The summed E-state index contributed by atoms with van der Waals surface area (Å²) in [5.74, 6) is 0.304. The third kappa shape index (κ3) is 5.02. The zero-order valence-electron chi connectivity index (χ0n) is 17.6. The average Bonchev–Trinajstić information content (AvgIpc) is 2.68. The molecule has 1 aromatic rings. The lowest BCUT2D eigenvalue weighted by atomic mass is 10.1. The van der Waals surface area contributed by atoms with Gasteiger partial charge in [0.15, 0.2) is 0 Å². The fourth-order valence-electron chi connectivity index (χ4n) is 4.27. The minimum Gasteiger partial charge on any atom is -0.369 e. The van der Waals surface area contributed by atoms with E-state index in [0.717, 1.165) is 52.4 Å². The van der Waals surface area contributed by atoms with E-state index >= 15 is 0 Å². The molecule has 1 amide bonds. The van der Waals surface area contributed by atoms with Crippen LogP contribution in [0.1, 0.15) is 31.4 Å². The molecule has 2 aliphatic rings. The van der Waals surface area contributed by atoms with E-state index < -0.39 is 0 Å². The van der Waals surface area contributed by atoms with Gasteiger partial charge < -0.3 is 9.80 Å². The molecule has 1 aromatic carbocycles. The van der Waals surface area contributed by atoms with Crippen molar-refractivity contribution >= 4 is 11.6 Å². The second-order valence-electron chi connectivity index (χ2n) is 8.23. The monoisotopic (exact) mass is 372 g/mol. The summed E-state index contributed by atoms with van der Waals surface area (Å²) in [5.41, 5.74) is 4.00. The molecule has 1 atom stereocenters. The van der Waals surface area contributed by atoms with Gasteiger partial charge in [0.25, 0.3) is 0 Å². The maximum atomic E-state index is 12.7. The molecule has 5 nitrogen and oxygen atoms in total. The van der Waals surface area contributed by atoms with Gasteiger partial charge in [-0.3, -0.25) is 14.6 Å². The van der Waals surface area contributed by atoms with E-state index in [1.165, 1.54) is 23.2 Å². The second-order valence-corrected chi connectivity index (χ2v) is 8.23. The van der Waals surface area contributed by atoms with E-state index in [0.29, 0.717) is 18.5 Å². The van der Waals surface area contributed by atoms with Gasteiger partial charge in [0, 0.05) is 64.1 Å². The van der Waals surface area contributed by atoms with Crippen molar-refractivity contribution in [1.82, 2.24) is 14.7 Å². The van der Waals surface area contributed by atoms with Crippen LogP contribution < -0.4 is 4.90 Å². The predicted octanol–water partition coefficient (Wildman–Crippen LogP) is 2.37. The molecule has 5 heteroatoms. The van der Waals surface area contributed by atoms with Crippen LogP contribution in [-0.4, -0.2) is 85.6 Å². The molecule has 150 valence electrons. The van der Waals surface area contributed by atoms with Crippen LogP contribution in [0.15, 0.2) is 18.2 Å². The summed E-state index contributed by atoms with van der Waals surface area (Å²) >= 11 is 0. The van der Waals surface area contributed by atoms with Crippen molar-refractivity contribution in [2.75, 3.05) is 63.8 Å². The van der Waals surface area contributed by atoms with E-state index in [1.54, 1.807) is 0 Å². The number of carbonyl (C=O) groups excluding carboxylic acids is 1. The molecule has 0 bridgehead atoms. The molecule has 0 aliphatic carbocycles. The van der Waals surface area contributed by atoms with Crippen molar-refractivity contribution in [2.24, 2.45) is 0 Å². The first-order valence-electron chi connectivity index (χ1n) is 10.5. The van der Waals surface area contributed by atoms with E-state index in [-0.39, 0.29) is 0 Å². The summed E-state index contributed by atoms with van der Waals surface area (Å²) in [5, 5.41) is 0. The molecule has 2 heterocycles. The first-order valence-corrected chi connectivity index (χ1v) is 10.5. The van der Waals surface area contributed by atoms with Crippen LogP contribution in [0.25, 0.3) is 0 Å². The van der Waals surface area contributed by atoms with Crippen LogP contribution in [0.5, 0.6) is 0 Å². The van der Waals surface area contributed by atoms with Crippen LogP contribution >= 0.6 is 0 Å². The zero-order chi connectivity index (χ0) is 19.4. The summed E-state index contributed by atoms with van der Waals surface area (Å²) in [6, 6.07) is 7.31. The Morgan fingerprint density at radius 3 is 2.26 bits per heavy atom. The smallest absolute Gasteiger partial charge is 0.236 e. The molecule has 1 unspecified atom stereocenters.